The fourth-order valence-electron chi connectivity index (χ4n) is 1.70. The van der Waals surface area contributed by atoms with Crippen LogP contribution in [0.3, 0.4) is 0 Å². The zero-order valence-electron chi connectivity index (χ0n) is 10.8. The van der Waals surface area contributed by atoms with Gasteiger partial charge in [-0.25, -0.2) is 4.98 Å². The number of aryl methyl sites for hydroxylation is 1. The van der Waals surface area contributed by atoms with Crippen LogP contribution in [0.4, 0.5) is 0 Å². The number of aromatic nitrogens is 1. The number of carbonyl (C=O) groups excluding carboxylic acids is 1. The highest BCUT2D eigenvalue weighted by molar-refractivity contribution is 6.32. The van der Waals surface area contributed by atoms with E-state index >= 15 is 0 Å². The summed E-state index contributed by atoms with van der Waals surface area (Å²) in [6.07, 6.45) is 0. The van der Waals surface area contributed by atoms with E-state index in [9.17, 15) is 4.79 Å². The number of hydrogen-bond acceptors (Lipinski definition) is 3. The van der Waals surface area contributed by atoms with Crippen molar-refractivity contribution in [2.75, 3.05) is 0 Å². The average molecular weight is 276 g/mol. The molecule has 0 fully saturated rings. The average Bonchev–Trinajstić information content (AvgIpc) is 2.38. The first kappa shape index (κ1) is 13.6. The summed E-state index contributed by atoms with van der Waals surface area (Å²) < 4.78 is 5.68. The monoisotopic (exact) mass is 275 g/mol. The van der Waals surface area contributed by atoms with Crippen molar-refractivity contribution in [2.24, 2.45) is 0 Å². The van der Waals surface area contributed by atoms with Crippen molar-refractivity contribution in [3.05, 3.63) is 58.4 Å². The fourth-order valence-corrected chi connectivity index (χ4v) is 1.98. The summed E-state index contributed by atoms with van der Waals surface area (Å²) in [5.41, 5.74) is 2.11. The zero-order valence-corrected chi connectivity index (χ0v) is 11.6. The number of pyridine rings is 1. The molecule has 2 aromatic rings. The molecule has 0 saturated carbocycles. The number of rotatable bonds is 4. The fraction of sp³-hybridized carbons (Fsp3) is 0.200. The second-order valence-electron chi connectivity index (χ2n) is 4.24. The molecule has 0 radical (unpaired) electrons. The number of Topliss-reactive ketones (excluding diaryl/α,β-unsaturated/α-hetero) is 1. The van der Waals surface area contributed by atoms with Gasteiger partial charge in [-0.15, -0.1) is 0 Å². The quantitative estimate of drug-likeness (QED) is 0.796. The number of hydrogen-bond donors (Lipinski definition) is 0. The lowest BCUT2D eigenvalue weighted by Crippen LogP contribution is -2.04. The van der Waals surface area contributed by atoms with E-state index in [1.807, 2.05) is 25.1 Å². The molecule has 1 aromatic carbocycles. The van der Waals surface area contributed by atoms with Crippen molar-refractivity contribution < 1.29 is 9.53 Å². The Balaban J connectivity index is 2.15. The van der Waals surface area contributed by atoms with Gasteiger partial charge in [0.1, 0.15) is 18.1 Å². The van der Waals surface area contributed by atoms with E-state index in [4.69, 9.17) is 16.3 Å². The molecule has 19 heavy (non-hydrogen) atoms. The normalized spacial score (nSPS) is 10.3. The van der Waals surface area contributed by atoms with Crippen LogP contribution in [0.25, 0.3) is 0 Å². The Morgan fingerprint density at radius 1 is 1.26 bits per heavy atom. The minimum absolute atomic E-state index is 0.0595. The number of halogens is 1. The van der Waals surface area contributed by atoms with E-state index in [0.717, 1.165) is 5.56 Å². The molecule has 0 atom stereocenters. The number of carbonyl (C=O) groups is 1. The summed E-state index contributed by atoms with van der Waals surface area (Å²) in [4.78, 5) is 15.5. The van der Waals surface area contributed by atoms with E-state index in [2.05, 4.69) is 4.98 Å². The van der Waals surface area contributed by atoms with Crippen molar-refractivity contribution in [3.63, 3.8) is 0 Å². The molecule has 0 bridgehead atoms. The lowest BCUT2D eigenvalue weighted by Gasteiger charge is -2.10. The standard InChI is InChI=1S/C15H14ClNO2/c1-10-5-3-7-13(16)15(10)19-9-12-6-4-8-14(17-12)11(2)18/h3-8H,9H2,1-2H3. The van der Waals surface area contributed by atoms with E-state index < -0.39 is 0 Å². The van der Waals surface area contributed by atoms with Crippen LogP contribution in [0.5, 0.6) is 5.75 Å². The van der Waals surface area contributed by atoms with Crippen LogP contribution < -0.4 is 4.74 Å². The molecule has 98 valence electrons. The third-order valence-corrected chi connectivity index (χ3v) is 2.99. The van der Waals surface area contributed by atoms with Crippen LogP contribution in [0.2, 0.25) is 5.02 Å². The molecule has 0 aliphatic heterocycles. The van der Waals surface area contributed by atoms with E-state index in [1.54, 1.807) is 18.2 Å². The molecular weight excluding hydrogens is 262 g/mol. The van der Waals surface area contributed by atoms with Crippen LogP contribution in [-0.2, 0) is 6.61 Å². The van der Waals surface area contributed by atoms with Gasteiger partial charge in [0.25, 0.3) is 0 Å². The minimum Gasteiger partial charge on any atom is -0.485 e. The van der Waals surface area contributed by atoms with Gasteiger partial charge in [0.15, 0.2) is 5.78 Å². The van der Waals surface area contributed by atoms with Crippen molar-refractivity contribution in [2.45, 2.75) is 20.5 Å². The molecule has 1 heterocycles. The number of benzene rings is 1. The maximum atomic E-state index is 11.3. The van der Waals surface area contributed by atoms with Crippen molar-refractivity contribution >= 4 is 17.4 Å². The molecule has 0 N–H and O–H groups in total. The predicted octanol–water partition coefficient (Wildman–Crippen LogP) is 3.83. The molecule has 0 aliphatic carbocycles. The Bertz CT molecular complexity index is 591. The highest BCUT2D eigenvalue weighted by Gasteiger charge is 2.07. The highest BCUT2D eigenvalue weighted by Crippen LogP contribution is 2.28. The SMILES string of the molecule is CC(=O)c1cccc(COc2c(C)cccc2Cl)n1. The van der Waals surface area contributed by atoms with Crippen LogP contribution in [0, 0.1) is 6.92 Å². The Morgan fingerprint density at radius 2 is 2.00 bits per heavy atom. The molecule has 0 spiro atoms. The smallest absolute Gasteiger partial charge is 0.178 e. The molecule has 1 aromatic heterocycles. The van der Waals surface area contributed by atoms with Gasteiger partial charge in [0.2, 0.25) is 0 Å². The molecule has 0 saturated heterocycles. The molecule has 4 heteroatoms. The van der Waals surface area contributed by atoms with Gasteiger partial charge in [0, 0.05) is 6.92 Å². The molecular formula is C15H14ClNO2. The highest BCUT2D eigenvalue weighted by atomic mass is 35.5. The number of ketones is 1. The summed E-state index contributed by atoms with van der Waals surface area (Å²) in [7, 11) is 0. The van der Waals surface area contributed by atoms with E-state index in [-0.39, 0.29) is 12.4 Å². The van der Waals surface area contributed by atoms with Crippen LogP contribution in [0.1, 0.15) is 28.7 Å². The number of para-hydroxylation sites is 1. The third kappa shape index (κ3) is 3.32. The summed E-state index contributed by atoms with van der Waals surface area (Å²) in [5, 5.41) is 0.572. The third-order valence-electron chi connectivity index (χ3n) is 2.70. The van der Waals surface area contributed by atoms with Gasteiger partial charge in [-0.3, -0.25) is 4.79 Å². The molecule has 3 nitrogen and oxygen atoms in total. The van der Waals surface area contributed by atoms with Crippen molar-refractivity contribution in [1.82, 2.24) is 4.98 Å². The first-order valence-corrected chi connectivity index (χ1v) is 6.30. The minimum atomic E-state index is -0.0595. The second-order valence-corrected chi connectivity index (χ2v) is 4.65. The predicted molar refractivity (Wildman–Crippen MR) is 74.8 cm³/mol. The molecule has 0 aliphatic rings. The Labute approximate surface area is 117 Å². The number of ether oxygens (including phenoxy) is 1. The lowest BCUT2D eigenvalue weighted by atomic mass is 10.2. The van der Waals surface area contributed by atoms with E-state index in [0.29, 0.717) is 22.2 Å². The van der Waals surface area contributed by atoms with Crippen LogP contribution in [0.15, 0.2) is 36.4 Å². The van der Waals surface area contributed by atoms with Gasteiger partial charge >= 0.3 is 0 Å². The van der Waals surface area contributed by atoms with Gasteiger partial charge in [-0.2, -0.15) is 0 Å². The van der Waals surface area contributed by atoms with Crippen LogP contribution in [-0.4, -0.2) is 10.8 Å². The van der Waals surface area contributed by atoms with Crippen molar-refractivity contribution in [1.29, 1.82) is 0 Å². The van der Waals surface area contributed by atoms with Gasteiger partial charge in [-0.1, -0.05) is 29.8 Å². The Morgan fingerprint density at radius 3 is 2.68 bits per heavy atom. The maximum absolute atomic E-state index is 11.3. The molecule has 2 rings (SSSR count). The summed E-state index contributed by atoms with van der Waals surface area (Å²) in [6, 6.07) is 10.9. The number of nitrogens with zero attached hydrogens (tertiary/aromatic N) is 1. The first-order valence-electron chi connectivity index (χ1n) is 5.92. The molecule has 0 unspecified atom stereocenters. The first-order chi connectivity index (χ1) is 9.08. The van der Waals surface area contributed by atoms with E-state index in [1.165, 1.54) is 6.92 Å². The second kappa shape index (κ2) is 5.85. The van der Waals surface area contributed by atoms with Gasteiger partial charge in [-0.05, 0) is 30.7 Å². The van der Waals surface area contributed by atoms with Gasteiger partial charge < -0.3 is 4.74 Å². The van der Waals surface area contributed by atoms with Crippen LogP contribution >= 0.6 is 11.6 Å². The Kier molecular flexibility index (Phi) is 4.17. The topological polar surface area (TPSA) is 39.2 Å². The molecule has 0 amide bonds. The largest absolute Gasteiger partial charge is 0.485 e. The van der Waals surface area contributed by atoms with Crippen molar-refractivity contribution in [3.8, 4) is 5.75 Å². The maximum Gasteiger partial charge on any atom is 0.178 e. The summed E-state index contributed by atoms with van der Waals surface area (Å²) in [5.74, 6) is 0.593. The summed E-state index contributed by atoms with van der Waals surface area (Å²) >= 11 is 6.08. The Hall–Kier alpha value is -1.87. The summed E-state index contributed by atoms with van der Waals surface area (Å²) in [6.45, 7) is 3.71. The zero-order chi connectivity index (χ0) is 13.8. The lowest BCUT2D eigenvalue weighted by molar-refractivity contribution is 0.101. The van der Waals surface area contributed by atoms with Gasteiger partial charge in [0.05, 0.1) is 10.7 Å².